The molecule has 0 spiro atoms. The zero-order valence-corrected chi connectivity index (χ0v) is 11.6. The second-order valence-corrected chi connectivity index (χ2v) is 5.39. The first-order valence-corrected chi connectivity index (χ1v) is 6.89. The maximum atomic E-state index is 13.3. The molecule has 1 aromatic rings. The van der Waals surface area contributed by atoms with Crippen LogP contribution in [0.5, 0.6) is 0 Å². The Kier molecular flexibility index (Phi) is 4.89. The Morgan fingerprint density at radius 1 is 1.52 bits per heavy atom. The topological polar surface area (TPSA) is 90.3 Å². The minimum atomic E-state index is -1.08. The molecule has 0 radical (unpaired) electrons. The number of aliphatic hydroxyl groups is 1. The number of hydrogen-bond acceptors (Lipinski definition) is 4. The number of carbonyl (C=O) groups excluding carboxylic acids is 1. The summed E-state index contributed by atoms with van der Waals surface area (Å²) in [5.74, 6) is -1.28. The number of nitrogens with two attached hydrogens (primary N) is 1. The molecule has 112 valence electrons. The lowest BCUT2D eigenvalue weighted by Crippen LogP contribution is -2.42. The van der Waals surface area contributed by atoms with E-state index in [0.717, 1.165) is 18.7 Å². The quantitative estimate of drug-likeness (QED) is 0.856. The molecule has 2 rings (SSSR count). The van der Waals surface area contributed by atoms with E-state index < -0.39 is 17.8 Å². The summed E-state index contributed by atoms with van der Waals surface area (Å²) < 4.78 is 13.3. The number of likely N-dealkylation sites (tertiary alicyclic amines) is 1. The summed E-state index contributed by atoms with van der Waals surface area (Å²) in [4.78, 5) is 13.1. The summed E-state index contributed by atoms with van der Waals surface area (Å²) in [5.41, 5.74) is 6.03. The highest BCUT2D eigenvalue weighted by Gasteiger charge is 2.28. The van der Waals surface area contributed by atoms with Gasteiger partial charge < -0.3 is 10.8 Å². The standard InChI is InChI=1S/C15H18FN3O2/c16-13-2-1-10(7-12(13)8-17)9-19-5-3-11(4-6-19)14(20)15(18)21/h1-2,7,11,14,20H,3-6,9H2,(H2,18,21)/t14-/m0/s1. The van der Waals surface area contributed by atoms with Gasteiger partial charge in [-0.2, -0.15) is 5.26 Å². The van der Waals surface area contributed by atoms with E-state index in [1.165, 1.54) is 6.07 Å². The fraction of sp³-hybridized carbons (Fsp3) is 0.467. The van der Waals surface area contributed by atoms with Gasteiger partial charge in [0.25, 0.3) is 0 Å². The lowest BCUT2D eigenvalue weighted by molar-refractivity contribution is -0.129. The van der Waals surface area contributed by atoms with Crippen LogP contribution in [0.1, 0.15) is 24.0 Å². The van der Waals surface area contributed by atoms with E-state index in [9.17, 15) is 14.3 Å². The number of primary amides is 1. The Morgan fingerprint density at radius 2 is 2.19 bits per heavy atom. The molecule has 0 bridgehead atoms. The number of amides is 1. The summed E-state index contributed by atoms with van der Waals surface area (Å²) in [6.45, 7) is 2.08. The molecule has 1 aliphatic rings. The largest absolute Gasteiger partial charge is 0.383 e. The van der Waals surface area contributed by atoms with Crippen LogP contribution < -0.4 is 5.73 Å². The predicted molar refractivity (Wildman–Crippen MR) is 74.3 cm³/mol. The van der Waals surface area contributed by atoms with Gasteiger partial charge in [-0.05, 0) is 49.5 Å². The summed E-state index contributed by atoms with van der Waals surface area (Å²) in [7, 11) is 0. The summed E-state index contributed by atoms with van der Waals surface area (Å²) >= 11 is 0. The highest BCUT2D eigenvalue weighted by molar-refractivity contribution is 5.78. The molecule has 1 saturated heterocycles. The van der Waals surface area contributed by atoms with E-state index in [2.05, 4.69) is 4.90 Å². The Bertz CT molecular complexity index is 563. The third kappa shape index (κ3) is 3.78. The summed E-state index contributed by atoms with van der Waals surface area (Å²) in [6, 6.07) is 6.35. The molecule has 1 amide bonds. The molecule has 1 heterocycles. The van der Waals surface area contributed by atoms with Gasteiger partial charge in [0.05, 0.1) is 5.56 Å². The fourth-order valence-corrected chi connectivity index (χ4v) is 2.67. The Balaban J connectivity index is 1.92. The first kappa shape index (κ1) is 15.4. The van der Waals surface area contributed by atoms with Crippen molar-refractivity contribution in [3.05, 3.63) is 35.1 Å². The van der Waals surface area contributed by atoms with E-state index in [1.807, 2.05) is 6.07 Å². The summed E-state index contributed by atoms with van der Waals surface area (Å²) in [6.07, 6.45) is 0.301. The van der Waals surface area contributed by atoms with Gasteiger partial charge in [-0.3, -0.25) is 9.69 Å². The zero-order chi connectivity index (χ0) is 15.4. The molecule has 0 saturated carbocycles. The molecule has 5 nitrogen and oxygen atoms in total. The van der Waals surface area contributed by atoms with Crippen LogP contribution in [0.4, 0.5) is 4.39 Å². The number of hydrogen-bond donors (Lipinski definition) is 2. The highest BCUT2D eigenvalue weighted by atomic mass is 19.1. The molecular weight excluding hydrogens is 273 g/mol. The first-order chi connectivity index (χ1) is 10.0. The number of benzene rings is 1. The maximum absolute atomic E-state index is 13.3. The molecule has 1 atom stereocenters. The lowest BCUT2D eigenvalue weighted by Gasteiger charge is -2.33. The molecule has 1 aromatic carbocycles. The van der Waals surface area contributed by atoms with Gasteiger partial charge >= 0.3 is 0 Å². The number of halogens is 1. The van der Waals surface area contributed by atoms with Crippen LogP contribution in [0.2, 0.25) is 0 Å². The fourth-order valence-electron chi connectivity index (χ4n) is 2.67. The van der Waals surface area contributed by atoms with Crippen LogP contribution in [-0.2, 0) is 11.3 Å². The van der Waals surface area contributed by atoms with Crippen molar-refractivity contribution in [1.29, 1.82) is 5.26 Å². The van der Waals surface area contributed by atoms with E-state index >= 15 is 0 Å². The molecule has 3 N–H and O–H groups in total. The van der Waals surface area contributed by atoms with E-state index in [0.29, 0.717) is 19.4 Å². The average molecular weight is 291 g/mol. The van der Waals surface area contributed by atoms with Gasteiger partial charge in [-0.1, -0.05) is 6.07 Å². The van der Waals surface area contributed by atoms with Crippen LogP contribution in [0.15, 0.2) is 18.2 Å². The SMILES string of the molecule is N#Cc1cc(CN2CCC([C@H](O)C(N)=O)CC2)ccc1F. The Hall–Kier alpha value is -1.97. The van der Waals surface area contributed by atoms with Crippen molar-refractivity contribution in [3.8, 4) is 6.07 Å². The number of nitriles is 1. The highest BCUT2D eigenvalue weighted by Crippen LogP contribution is 2.22. The van der Waals surface area contributed by atoms with Crippen molar-refractivity contribution < 1.29 is 14.3 Å². The molecular formula is C15H18FN3O2. The van der Waals surface area contributed by atoms with Gasteiger partial charge in [0.2, 0.25) is 5.91 Å². The number of nitrogens with zero attached hydrogens (tertiary/aromatic N) is 2. The molecule has 0 aliphatic carbocycles. The second-order valence-electron chi connectivity index (χ2n) is 5.39. The number of aliphatic hydroxyl groups excluding tert-OH is 1. The van der Waals surface area contributed by atoms with Crippen molar-refractivity contribution in [2.75, 3.05) is 13.1 Å². The van der Waals surface area contributed by atoms with Crippen molar-refractivity contribution in [2.45, 2.75) is 25.5 Å². The predicted octanol–water partition coefficient (Wildman–Crippen LogP) is 0.756. The van der Waals surface area contributed by atoms with E-state index in [1.54, 1.807) is 12.1 Å². The Morgan fingerprint density at radius 3 is 2.76 bits per heavy atom. The monoisotopic (exact) mass is 291 g/mol. The van der Waals surface area contributed by atoms with Gasteiger partial charge in [-0.15, -0.1) is 0 Å². The first-order valence-electron chi connectivity index (χ1n) is 6.89. The van der Waals surface area contributed by atoms with Crippen LogP contribution in [-0.4, -0.2) is 35.1 Å². The number of rotatable bonds is 4. The molecule has 0 aromatic heterocycles. The van der Waals surface area contributed by atoms with Gasteiger partial charge in [0.1, 0.15) is 18.0 Å². The smallest absolute Gasteiger partial charge is 0.246 e. The lowest BCUT2D eigenvalue weighted by atomic mass is 9.90. The van der Waals surface area contributed by atoms with Crippen molar-refractivity contribution in [3.63, 3.8) is 0 Å². The minimum Gasteiger partial charge on any atom is -0.383 e. The van der Waals surface area contributed by atoms with Crippen LogP contribution in [0.3, 0.4) is 0 Å². The van der Waals surface area contributed by atoms with Crippen LogP contribution in [0.25, 0.3) is 0 Å². The van der Waals surface area contributed by atoms with E-state index in [-0.39, 0.29) is 11.5 Å². The zero-order valence-electron chi connectivity index (χ0n) is 11.6. The van der Waals surface area contributed by atoms with Gasteiger partial charge in [0.15, 0.2) is 0 Å². The molecule has 1 fully saturated rings. The van der Waals surface area contributed by atoms with Crippen molar-refractivity contribution in [2.24, 2.45) is 11.7 Å². The summed E-state index contributed by atoms with van der Waals surface area (Å²) in [5, 5.41) is 18.5. The van der Waals surface area contributed by atoms with E-state index in [4.69, 9.17) is 11.0 Å². The van der Waals surface area contributed by atoms with Gasteiger partial charge in [-0.25, -0.2) is 4.39 Å². The number of piperidine rings is 1. The van der Waals surface area contributed by atoms with Crippen molar-refractivity contribution in [1.82, 2.24) is 4.90 Å². The molecule has 21 heavy (non-hydrogen) atoms. The third-order valence-electron chi connectivity index (χ3n) is 3.93. The molecule has 1 aliphatic heterocycles. The number of carbonyl (C=O) groups is 1. The third-order valence-corrected chi connectivity index (χ3v) is 3.93. The second kappa shape index (κ2) is 6.66. The minimum absolute atomic E-state index is 0.0477. The van der Waals surface area contributed by atoms with Crippen molar-refractivity contribution >= 4 is 5.91 Å². The Labute approximate surface area is 122 Å². The normalized spacial score (nSPS) is 18.1. The average Bonchev–Trinajstić information content (AvgIpc) is 2.49. The van der Waals surface area contributed by atoms with Crippen LogP contribution in [0, 0.1) is 23.1 Å². The maximum Gasteiger partial charge on any atom is 0.246 e. The molecule has 6 heteroatoms. The van der Waals surface area contributed by atoms with Gasteiger partial charge in [0, 0.05) is 6.54 Å². The van der Waals surface area contributed by atoms with Crippen LogP contribution >= 0.6 is 0 Å². The molecule has 0 unspecified atom stereocenters.